The van der Waals surface area contributed by atoms with Crippen LogP contribution in [0.1, 0.15) is 41.1 Å². The maximum Gasteiger partial charge on any atom is 0.274 e. The summed E-state index contributed by atoms with van der Waals surface area (Å²) in [5.74, 6) is -0.621. The highest BCUT2D eigenvalue weighted by Crippen LogP contribution is 2.15. The third-order valence-electron chi connectivity index (χ3n) is 3.33. The predicted octanol–water partition coefficient (Wildman–Crippen LogP) is 3.52. The first-order valence-corrected chi connectivity index (χ1v) is 7.71. The van der Waals surface area contributed by atoms with Crippen molar-refractivity contribution < 1.29 is 9.59 Å². The molecule has 0 aliphatic rings. The van der Waals surface area contributed by atoms with Crippen LogP contribution in [0, 0.1) is 0 Å². The first kappa shape index (κ1) is 17.0. The summed E-state index contributed by atoms with van der Waals surface area (Å²) < 4.78 is 0. The Morgan fingerprint density at radius 3 is 2.70 bits per heavy atom. The van der Waals surface area contributed by atoms with E-state index in [2.05, 4.69) is 15.6 Å². The second-order valence-corrected chi connectivity index (χ2v) is 5.61. The molecule has 1 atom stereocenters. The number of rotatable bonds is 5. The lowest BCUT2D eigenvalue weighted by Gasteiger charge is -2.11. The lowest BCUT2D eigenvalue weighted by atomic mass is 10.2. The highest BCUT2D eigenvalue weighted by Gasteiger charge is 2.13. The summed E-state index contributed by atoms with van der Waals surface area (Å²) in [7, 11) is 0. The van der Waals surface area contributed by atoms with Crippen molar-refractivity contribution in [1.29, 1.82) is 0 Å². The molecule has 0 aliphatic carbocycles. The summed E-state index contributed by atoms with van der Waals surface area (Å²) in [6, 6.07) is 9.93. The summed E-state index contributed by atoms with van der Waals surface area (Å²) >= 11 is 5.88. The van der Waals surface area contributed by atoms with Crippen molar-refractivity contribution in [3.8, 4) is 0 Å². The highest BCUT2D eigenvalue weighted by atomic mass is 35.5. The minimum Gasteiger partial charge on any atom is -0.350 e. The van der Waals surface area contributed by atoms with Gasteiger partial charge in [0.05, 0.1) is 0 Å². The molecule has 0 bridgehead atoms. The largest absolute Gasteiger partial charge is 0.350 e. The Kier molecular flexibility index (Phi) is 5.71. The van der Waals surface area contributed by atoms with E-state index in [1.165, 1.54) is 12.3 Å². The molecule has 120 valence electrons. The van der Waals surface area contributed by atoms with Crippen molar-refractivity contribution in [2.75, 3.05) is 5.32 Å². The van der Waals surface area contributed by atoms with Crippen molar-refractivity contribution in [2.45, 2.75) is 26.3 Å². The van der Waals surface area contributed by atoms with Gasteiger partial charge in [0.1, 0.15) is 5.69 Å². The van der Waals surface area contributed by atoms with Crippen LogP contribution in [-0.2, 0) is 0 Å². The van der Waals surface area contributed by atoms with Gasteiger partial charge in [-0.15, -0.1) is 0 Å². The maximum absolute atomic E-state index is 12.2. The topological polar surface area (TPSA) is 71.1 Å². The van der Waals surface area contributed by atoms with E-state index in [4.69, 9.17) is 11.6 Å². The van der Waals surface area contributed by atoms with E-state index in [0.29, 0.717) is 16.3 Å². The molecule has 6 heteroatoms. The molecule has 0 saturated carbocycles. The van der Waals surface area contributed by atoms with Crippen LogP contribution < -0.4 is 10.6 Å². The molecule has 1 aromatic carbocycles. The van der Waals surface area contributed by atoms with Crippen LogP contribution >= 0.6 is 11.6 Å². The fourth-order valence-electron chi connectivity index (χ4n) is 1.87. The highest BCUT2D eigenvalue weighted by molar-refractivity contribution is 6.30. The number of carbonyl (C=O) groups is 2. The monoisotopic (exact) mass is 331 g/mol. The van der Waals surface area contributed by atoms with Crippen molar-refractivity contribution in [3.63, 3.8) is 0 Å². The van der Waals surface area contributed by atoms with E-state index in [1.807, 2.05) is 13.8 Å². The SMILES string of the molecule is CCC(C)NC(=O)c1ccnc(C(=O)Nc2cccc(Cl)c2)c1. The van der Waals surface area contributed by atoms with Gasteiger partial charge in [-0.3, -0.25) is 14.6 Å². The first-order chi connectivity index (χ1) is 11.0. The normalized spacial score (nSPS) is 11.6. The van der Waals surface area contributed by atoms with Crippen molar-refractivity contribution in [1.82, 2.24) is 10.3 Å². The molecule has 2 amide bonds. The Hall–Kier alpha value is -2.40. The van der Waals surface area contributed by atoms with Crippen LogP contribution in [0.4, 0.5) is 5.69 Å². The Labute approximate surface area is 140 Å². The van der Waals surface area contributed by atoms with E-state index in [9.17, 15) is 9.59 Å². The number of amides is 2. The Morgan fingerprint density at radius 2 is 2.00 bits per heavy atom. The average molecular weight is 332 g/mol. The quantitative estimate of drug-likeness (QED) is 0.880. The van der Waals surface area contributed by atoms with Gasteiger partial charge in [0, 0.05) is 28.5 Å². The molecular weight excluding hydrogens is 314 g/mol. The van der Waals surface area contributed by atoms with E-state index in [0.717, 1.165) is 6.42 Å². The second-order valence-electron chi connectivity index (χ2n) is 5.18. The van der Waals surface area contributed by atoms with Crippen molar-refractivity contribution in [2.24, 2.45) is 0 Å². The Balaban J connectivity index is 2.12. The number of halogens is 1. The summed E-state index contributed by atoms with van der Waals surface area (Å²) in [4.78, 5) is 28.3. The maximum atomic E-state index is 12.2. The third kappa shape index (κ3) is 4.79. The molecule has 0 spiro atoms. The van der Waals surface area contributed by atoms with Gasteiger partial charge in [0.2, 0.25) is 0 Å². The van der Waals surface area contributed by atoms with Gasteiger partial charge >= 0.3 is 0 Å². The fourth-order valence-corrected chi connectivity index (χ4v) is 2.06. The van der Waals surface area contributed by atoms with Gasteiger partial charge in [-0.25, -0.2) is 0 Å². The van der Waals surface area contributed by atoms with Gasteiger partial charge in [-0.05, 0) is 43.7 Å². The molecule has 1 aromatic heterocycles. The first-order valence-electron chi connectivity index (χ1n) is 7.33. The van der Waals surface area contributed by atoms with Crippen LogP contribution in [0.3, 0.4) is 0 Å². The summed E-state index contributed by atoms with van der Waals surface area (Å²) in [6.45, 7) is 3.91. The number of hydrogen-bond donors (Lipinski definition) is 2. The van der Waals surface area contributed by atoms with Crippen LogP contribution in [0.2, 0.25) is 5.02 Å². The predicted molar refractivity (Wildman–Crippen MR) is 90.9 cm³/mol. The lowest BCUT2D eigenvalue weighted by molar-refractivity contribution is 0.0939. The van der Waals surface area contributed by atoms with Crippen LogP contribution in [-0.4, -0.2) is 22.8 Å². The molecule has 2 aromatic rings. The minimum absolute atomic E-state index is 0.0689. The van der Waals surface area contributed by atoms with Crippen LogP contribution in [0.15, 0.2) is 42.6 Å². The smallest absolute Gasteiger partial charge is 0.274 e. The number of pyridine rings is 1. The van der Waals surface area contributed by atoms with Gasteiger partial charge in [0.25, 0.3) is 11.8 Å². The van der Waals surface area contributed by atoms with Crippen molar-refractivity contribution in [3.05, 3.63) is 58.9 Å². The lowest BCUT2D eigenvalue weighted by Crippen LogP contribution is -2.32. The number of carbonyl (C=O) groups excluding carboxylic acids is 2. The minimum atomic E-state index is -0.398. The molecule has 23 heavy (non-hydrogen) atoms. The molecule has 1 unspecified atom stereocenters. The molecule has 0 radical (unpaired) electrons. The van der Waals surface area contributed by atoms with Gasteiger partial charge in [-0.1, -0.05) is 24.6 Å². The molecule has 0 fully saturated rings. The number of benzene rings is 1. The fraction of sp³-hybridized carbons (Fsp3) is 0.235. The number of aromatic nitrogens is 1. The molecule has 0 aliphatic heterocycles. The number of anilines is 1. The van der Waals surface area contributed by atoms with Crippen LogP contribution in [0.25, 0.3) is 0 Å². The second kappa shape index (κ2) is 7.74. The Morgan fingerprint density at radius 1 is 1.22 bits per heavy atom. The van der Waals surface area contributed by atoms with Gasteiger partial charge in [0.15, 0.2) is 0 Å². The zero-order valence-electron chi connectivity index (χ0n) is 13.0. The molecule has 5 nitrogen and oxygen atoms in total. The summed E-state index contributed by atoms with van der Waals surface area (Å²) in [5.41, 5.74) is 1.14. The van der Waals surface area contributed by atoms with E-state index in [-0.39, 0.29) is 17.6 Å². The van der Waals surface area contributed by atoms with Gasteiger partial charge in [-0.2, -0.15) is 0 Å². The molecule has 0 saturated heterocycles. The number of nitrogens with one attached hydrogen (secondary N) is 2. The van der Waals surface area contributed by atoms with E-state index in [1.54, 1.807) is 30.3 Å². The number of hydrogen-bond acceptors (Lipinski definition) is 3. The average Bonchev–Trinajstić information content (AvgIpc) is 2.54. The summed E-state index contributed by atoms with van der Waals surface area (Å²) in [6.07, 6.45) is 2.28. The van der Waals surface area contributed by atoms with Gasteiger partial charge < -0.3 is 10.6 Å². The number of nitrogens with zero attached hydrogens (tertiary/aromatic N) is 1. The zero-order chi connectivity index (χ0) is 16.8. The zero-order valence-corrected chi connectivity index (χ0v) is 13.7. The molecule has 1 heterocycles. The van der Waals surface area contributed by atoms with E-state index >= 15 is 0 Å². The third-order valence-corrected chi connectivity index (χ3v) is 3.56. The Bertz CT molecular complexity index is 718. The van der Waals surface area contributed by atoms with E-state index < -0.39 is 5.91 Å². The molecular formula is C17H18ClN3O2. The summed E-state index contributed by atoms with van der Waals surface area (Å²) in [5, 5.41) is 6.08. The molecule has 2 N–H and O–H groups in total. The standard InChI is InChI=1S/C17H18ClN3O2/c1-3-11(2)20-16(22)12-7-8-19-15(9-12)17(23)21-14-6-4-5-13(18)10-14/h4-11H,3H2,1-2H3,(H,20,22)(H,21,23). The molecule has 2 rings (SSSR count). The van der Waals surface area contributed by atoms with Crippen molar-refractivity contribution >= 4 is 29.1 Å². The van der Waals surface area contributed by atoms with Crippen LogP contribution in [0.5, 0.6) is 0 Å².